The molecule has 0 aliphatic carbocycles. The van der Waals surface area contributed by atoms with Gasteiger partial charge in [-0.2, -0.15) is 0 Å². The Morgan fingerprint density at radius 1 is 0.881 bits per heavy atom. The Morgan fingerprint density at radius 3 is 2.52 bits per heavy atom. The SMILES string of the molecule is O=C(C=Cc1ccccc1Cl)Nc1cccc(-c2cccc(-n3c(=O)c(Cc4cccnc4)nc4cccnc43)c2)c1. The number of benzene rings is 3. The van der Waals surface area contributed by atoms with Gasteiger partial charge in [0, 0.05) is 41.8 Å². The van der Waals surface area contributed by atoms with Gasteiger partial charge in [-0.25, -0.2) is 9.97 Å². The second-order valence-electron chi connectivity index (χ2n) is 9.56. The monoisotopic (exact) mass is 569 g/mol. The molecule has 0 aliphatic heterocycles. The molecule has 0 aliphatic rings. The van der Waals surface area contributed by atoms with Gasteiger partial charge in [0.05, 0.1) is 5.69 Å². The maximum Gasteiger partial charge on any atom is 0.278 e. The van der Waals surface area contributed by atoms with Crippen LogP contribution in [0.25, 0.3) is 34.1 Å². The van der Waals surface area contributed by atoms with Gasteiger partial charge in [-0.1, -0.05) is 60.1 Å². The highest BCUT2D eigenvalue weighted by molar-refractivity contribution is 6.32. The molecule has 42 heavy (non-hydrogen) atoms. The summed E-state index contributed by atoms with van der Waals surface area (Å²) in [5.74, 6) is -0.275. The first-order valence-corrected chi connectivity index (χ1v) is 13.6. The molecule has 1 N–H and O–H groups in total. The van der Waals surface area contributed by atoms with E-state index in [0.29, 0.717) is 39.7 Å². The molecular weight excluding hydrogens is 546 g/mol. The van der Waals surface area contributed by atoms with E-state index in [4.69, 9.17) is 11.6 Å². The van der Waals surface area contributed by atoms with Gasteiger partial charge in [0.15, 0.2) is 5.65 Å². The van der Waals surface area contributed by atoms with Crippen LogP contribution in [0.2, 0.25) is 5.02 Å². The number of pyridine rings is 2. The Morgan fingerprint density at radius 2 is 1.69 bits per heavy atom. The average Bonchev–Trinajstić information content (AvgIpc) is 3.02. The average molecular weight is 570 g/mol. The van der Waals surface area contributed by atoms with Crippen molar-refractivity contribution in [3.05, 3.63) is 154 Å². The summed E-state index contributed by atoms with van der Waals surface area (Å²) in [6.07, 6.45) is 8.56. The third-order valence-electron chi connectivity index (χ3n) is 6.66. The molecule has 0 saturated heterocycles. The lowest BCUT2D eigenvalue weighted by atomic mass is 10.0. The number of hydrogen-bond acceptors (Lipinski definition) is 5. The quantitative estimate of drug-likeness (QED) is 0.215. The highest BCUT2D eigenvalue weighted by Gasteiger charge is 2.15. The Kier molecular flexibility index (Phi) is 7.66. The summed E-state index contributed by atoms with van der Waals surface area (Å²) in [5.41, 5.74) is 5.96. The topological polar surface area (TPSA) is 89.8 Å². The lowest BCUT2D eigenvalue weighted by molar-refractivity contribution is -0.111. The summed E-state index contributed by atoms with van der Waals surface area (Å²) in [5, 5.41) is 3.48. The Bertz CT molecular complexity index is 2000. The van der Waals surface area contributed by atoms with E-state index in [1.165, 1.54) is 6.08 Å². The molecule has 6 rings (SSSR count). The largest absolute Gasteiger partial charge is 0.322 e. The Balaban J connectivity index is 1.32. The first-order valence-electron chi connectivity index (χ1n) is 13.3. The van der Waals surface area contributed by atoms with Gasteiger partial charge in [0.1, 0.15) is 11.2 Å². The molecule has 0 unspecified atom stereocenters. The third kappa shape index (κ3) is 5.87. The van der Waals surface area contributed by atoms with Crippen molar-refractivity contribution in [2.45, 2.75) is 6.42 Å². The van der Waals surface area contributed by atoms with Crippen LogP contribution in [0.3, 0.4) is 0 Å². The van der Waals surface area contributed by atoms with E-state index in [1.807, 2.05) is 84.9 Å². The molecule has 0 spiro atoms. The minimum absolute atomic E-state index is 0.242. The molecule has 0 fully saturated rings. The molecule has 8 heteroatoms. The Hall–Kier alpha value is -5.40. The molecule has 0 saturated carbocycles. The van der Waals surface area contributed by atoms with Gasteiger partial charge in [-0.3, -0.25) is 19.1 Å². The van der Waals surface area contributed by atoms with Crippen molar-refractivity contribution in [1.29, 1.82) is 0 Å². The smallest absolute Gasteiger partial charge is 0.278 e. The zero-order valence-electron chi connectivity index (χ0n) is 22.3. The van der Waals surface area contributed by atoms with E-state index in [1.54, 1.807) is 41.4 Å². The van der Waals surface area contributed by atoms with Crippen LogP contribution in [0.15, 0.2) is 127 Å². The molecule has 3 heterocycles. The van der Waals surface area contributed by atoms with Crippen molar-refractivity contribution in [3.8, 4) is 16.8 Å². The molecule has 6 aromatic rings. The van der Waals surface area contributed by atoms with Crippen molar-refractivity contribution in [3.63, 3.8) is 0 Å². The first-order chi connectivity index (χ1) is 20.5. The van der Waals surface area contributed by atoms with E-state index in [9.17, 15) is 9.59 Å². The highest BCUT2D eigenvalue weighted by atomic mass is 35.5. The number of nitrogens with one attached hydrogen (secondary N) is 1. The van der Waals surface area contributed by atoms with Crippen molar-refractivity contribution in [1.82, 2.24) is 19.5 Å². The minimum atomic E-state index is -0.275. The van der Waals surface area contributed by atoms with E-state index in [-0.39, 0.29) is 11.5 Å². The lowest BCUT2D eigenvalue weighted by Crippen LogP contribution is -2.25. The first kappa shape index (κ1) is 26.8. The van der Waals surface area contributed by atoms with Crippen LogP contribution in [0.1, 0.15) is 16.8 Å². The number of aromatic nitrogens is 4. The zero-order chi connectivity index (χ0) is 28.9. The van der Waals surface area contributed by atoms with Gasteiger partial charge < -0.3 is 5.32 Å². The molecular formula is C34H24ClN5O2. The van der Waals surface area contributed by atoms with Gasteiger partial charge in [-0.15, -0.1) is 0 Å². The number of rotatable bonds is 7. The molecule has 7 nitrogen and oxygen atoms in total. The van der Waals surface area contributed by atoms with Crippen LogP contribution in [0, 0.1) is 0 Å². The second kappa shape index (κ2) is 12.0. The summed E-state index contributed by atoms with van der Waals surface area (Å²) in [6, 6.07) is 29.9. The maximum absolute atomic E-state index is 13.8. The fraction of sp³-hybridized carbons (Fsp3) is 0.0294. The molecule has 204 valence electrons. The van der Waals surface area contributed by atoms with Gasteiger partial charge in [-0.05, 0) is 76.9 Å². The summed E-state index contributed by atoms with van der Waals surface area (Å²) in [6.45, 7) is 0. The number of amides is 1. The second-order valence-corrected chi connectivity index (χ2v) is 9.97. The lowest BCUT2D eigenvalue weighted by Gasteiger charge is -2.13. The number of carbonyl (C=O) groups is 1. The predicted molar refractivity (Wildman–Crippen MR) is 167 cm³/mol. The van der Waals surface area contributed by atoms with Crippen LogP contribution in [0.4, 0.5) is 5.69 Å². The number of hydrogen-bond donors (Lipinski definition) is 1. The normalized spacial score (nSPS) is 11.2. The molecule has 0 radical (unpaired) electrons. The van der Waals surface area contributed by atoms with Gasteiger partial charge >= 0.3 is 0 Å². The number of fused-ring (bicyclic) bond motifs is 1. The summed E-state index contributed by atoms with van der Waals surface area (Å²) >= 11 is 6.19. The van der Waals surface area contributed by atoms with E-state index >= 15 is 0 Å². The van der Waals surface area contributed by atoms with E-state index in [2.05, 4.69) is 20.3 Å². The van der Waals surface area contributed by atoms with Crippen LogP contribution in [-0.4, -0.2) is 25.4 Å². The van der Waals surface area contributed by atoms with E-state index in [0.717, 1.165) is 22.3 Å². The number of anilines is 1. The van der Waals surface area contributed by atoms with Crippen LogP contribution >= 0.6 is 11.6 Å². The maximum atomic E-state index is 13.8. The standard InChI is InChI=1S/C34H24ClN5O2/c35-29-13-2-1-8-24(29)15-16-32(41)38-27-11-3-9-25(20-27)26-10-4-12-28(21-26)40-33-30(14-6-18-37-33)39-31(34(40)42)19-23-7-5-17-36-22-23/h1-18,20-22H,19H2,(H,38,41). The Labute approximate surface area is 246 Å². The molecule has 0 bridgehead atoms. The predicted octanol–water partition coefficient (Wildman–Crippen LogP) is 6.74. The number of carbonyl (C=O) groups excluding carboxylic acids is 1. The van der Waals surface area contributed by atoms with Crippen molar-refractivity contribution >= 4 is 40.4 Å². The van der Waals surface area contributed by atoms with Crippen molar-refractivity contribution in [2.24, 2.45) is 0 Å². The van der Waals surface area contributed by atoms with Gasteiger partial charge in [0.25, 0.3) is 5.56 Å². The van der Waals surface area contributed by atoms with Crippen molar-refractivity contribution < 1.29 is 4.79 Å². The number of nitrogens with zero attached hydrogens (tertiary/aromatic N) is 4. The summed E-state index contributed by atoms with van der Waals surface area (Å²) in [4.78, 5) is 39.7. The highest BCUT2D eigenvalue weighted by Crippen LogP contribution is 2.26. The molecule has 3 aromatic heterocycles. The summed E-state index contributed by atoms with van der Waals surface area (Å²) < 4.78 is 1.60. The van der Waals surface area contributed by atoms with Crippen molar-refractivity contribution in [2.75, 3.05) is 5.32 Å². The molecule has 1 amide bonds. The number of halogens is 1. The fourth-order valence-electron chi connectivity index (χ4n) is 4.68. The fourth-order valence-corrected chi connectivity index (χ4v) is 4.88. The van der Waals surface area contributed by atoms with Gasteiger partial charge in [0.2, 0.25) is 5.91 Å². The molecule has 0 atom stereocenters. The third-order valence-corrected chi connectivity index (χ3v) is 7.01. The molecule has 3 aromatic carbocycles. The minimum Gasteiger partial charge on any atom is -0.322 e. The van der Waals surface area contributed by atoms with Crippen LogP contribution < -0.4 is 10.9 Å². The van der Waals surface area contributed by atoms with Crippen LogP contribution in [-0.2, 0) is 11.2 Å². The van der Waals surface area contributed by atoms with Crippen LogP contribution in [0.5, 0.6) is 0 Å². The zero-order valence-corrected chi connectivity index (χ0v) is 23.1. The van der Waals surface area contributed by atoms with E-state index < -0.39 is 0 Å². The summed E-state index contributed by atoms with van der Waals surface area (Å²) in [7, 11) is 0.